The average Bonchev–Trinajstić information content (AvgIpc) is 2.06. The molecule has 1 heterocycles. The molecular weight excluding hydrogens is 258 g/mol. The van der Waals surface area contributed by atoms with Gasteiger partial charge in [-0.05, 0) is 43.6 Å². The van der Waals surface area contributed by atoms with Crippen molar-refractivity contribution < 1.29 is 5.11 Å². The molecule has 15 heavy (non-hydrogen) atoms. The third kappa shape index (κ3) is 3.14. The van der Waals surface area contributed by atoms with Crippen molar-refractivity contribution in [3.63, 3.8) is 0 Å². The summed E-state index contributed by atoms with van der Waals surface area (Å²) in [6, 6.07) is 0. The summed E-state index contributed by atoms with van der Waals surface area (Å²) < 4.78 is 0.828. The highest BCUT2D eigenvalue weighted by Gasteiger charge is 2.35. The van der Waals surface area contributed by atoms with Gasteiger partial charge in [0, 0.05) is 12.4 Å². The standard InChI is InChI=1S/C10H16BrN3O/c1-9(2,10(3,4)15)14-8-12-5-7(11)6-13-8/h5-6,15H,1-4H3,(H,12,13,14). The van der Waals surface area contributed by atoms with E-state index >= 15 is 0 Å². The number of nitrogens with zero attached hydrogens (tertiary/aromatic N) is 2. The van der Waals surface area contributed by atoms with Gasteiger partial charge < -0.3 is 10.4 Å². The minimum atomic E-state index is -0.858. The summed E-state index contributed by atoms with van der Waals surface area (Å²) in [5.74, 6) is 0.505. The van der Waals surface area contributed by atoms with Crippen LogP contribution in [0.4, 0.5) is 5.95 Å². The normalized spacial score (nSPS) is 12.7. The van der Waals surface area contributed by atoms with Crippen molar-refractivity contribution >= 4 is 21.9 Å². The molecule has 0 aliphatic heterocycles. The molecule has 1 aromatic heterocycles. The van der Waals surface area contributed by atoms with Crippen molar-refractivity contribution in [3.05, 3.63) is 16.9 Å². The molecule has 0 fully saturated rings. The largest absolute Gasteiger partial charge is 0.388 e. The summed E-state index contributed by atoms with van der Waals surface area (Å²) >= 11 is 3.26. The maximum absolute atomic E-state index is 9.93. The van der Waals surface area contributed by atoms with Gasteiger partial charge in [-0.1, -0.05) is 0 Å². The minimum Gasteiger partial charge on any atom is -0.388 e. The summed E-state index contributed by atoms with van der Waals surface area (Å²) in [6.07, 6.45) is 3.32. The van der Waals surface area contributed by atoms with E-state index in [1.165, 1.54) is 0 Å². The average molecular weight is 274 g/mol. The lowest BCUT2D eigenvalue weighted by Gasteiger charge is -2.37. The Bertz CT molecular complexity index is 330. The first-order chi connectivity index (χ1) is 6.72. The molecule has 1 rings (SSSR count). The zero-order valence-electron chi connectivity index (χ0n) is 9.37. The van der Waals surface area contributed by atoms with E-state index in [-0.39, 0.29) is 0 Å². The van der Waals surface area contributed by atoms with Crippen LogP contribution in [-0.2, 0) is 0 Å². The fourth-order valence-corrected chi connectivity index (χ4v) is 1.01. The van der Waals surface area contributed by atoms with Gasteiger partial charge in [0.15, 0.2) is 0 Å². The fourth-order valence-electron chi connectivity index (χ4n) is 0.809. The fraction of sp³-hybridized carbons (Fsp3) is 0.600. The number of aliphatic hydroxyl groups is 1. The Morgan fingerprint density at radius 1 is 1.20 bits per heavy atom. The van der Waals surface area contributed by atoms with E-state index in [1.54, 1.807) is 26.2 Å². The second-order valence-electron chi connectivity index (χ2n) is 4.53. The molecule has 0 radical (unpaired) electrons. The van der Waals surface area contributed by atoms with Crippen LogP contribution in [0.2, 0.25) is 0 Å². The molecule has 0 bridgehead atoms. The lowest BCUT2D eigenvalue weighted by molar-refractivity contribution is 0.0237. The summed E-state index contributed by atoms with van der Waals surface area (Å²) in [6.45, 7) is 7.30. The van der Waals surface area contributed by atoms with Crippen LogP contribution in [0.25, 0.3) is 0 Å². The van der Waals surface area contributed by atoms with Crippen LogP contribution < -0.4 is 5.32 Å². The van der Waals surface area contributed by atoms with Crippen molar-refractivity contribution in [3.8, 4) is 0 Å². The van der Waals surface area contributed by atoms with Crippen LogP contribution in [0.5, 0.6) is 0 Å². The molecule has 4 nitrogen and oxygen atoms in total. The van der Waals surface area contributed by atoms with Gasteiger partial charge in [-0.2, -0.15) is 0 Å². The van der Waals surface area contributed by atoms with Gasteiger partial charge in [0.1, 0.15) is 0 Å². The van der Waals surface area contributed by atoms with Gasteiger partial charge in [0.2, 0.25) is 5.95 Å². The van der Waals surface area contributed by atoms with Crippen LogP contribution in [0, 0.1) is 0 Å². The summed E-state index contributed by atoms with van der Waals surface area (Å²) in [5, 5.41) is 13.0. The van der Waals surface area contributed by atoms with Crippen LogP contribution in [0.15, 0.2) is 16.9 Å². The monoisotopic (exact) mass is 273 g/mol. The van der Waals surface area contributed by atoms with E-state index in [9.17, 15) is 5.11 Å². The summed E-state index contributed by atoms with van der Waals surface area (Å²) in [4.78, 5) is 8.19. The predicted molar refractivity (Wildman–Crippen MR) is 63.7 cm³/mol. The Balaban J connectivity index is 2.82. The second-order valence-corrected chi connectivity index (χ2v) is 5.45. The number of hydrogen-bond donors (Lipinski definition) is 2. The SMILES string of the molecule is CC(C)(O)C(C)(C)Nc1ncc(Br)cn1. The van der Waals surface area contributed by atoms with Crippen molar-refractivity contribution in [1.82, 2.24) is 9.97 Å². The smallest absolute Gasteiger partial charge is 0.223 e. The highest BCUT2D eigenvalue weighted by atomic mass is 79.9. The Kier molecular flexibility index (Phi) is 3.35. The van der Waals surface area contributed by atoms with E-state index in [0.717, 1.165) is 4.47 Å². The van der Waals surface area contributed by atoms with Crippen molar-refractivity contribution in [1.29, 1.82) is 0 Å². The summed E-state index contributed by atoms with van der Waals surface area (Å²) in [7, 11) is 0. The van der Waals surface area contributed by atoms with Crippen molar-refractivity contribution in [2.75, 3.05) is 5.32 Å². The van der Waals surface area contributed by atoms with E-state index in [4.69, 9.17) is 0 Å². The summed E-state index contributed by atoms with van der Waals surface area (Å²) in [5.41, 5.74) is -1.36. The molecule has 1 aromatic rings. The molecule has 5 heteroatoms. The first-order valence-corrected chi connectivity index (χ1v) is 5.50. The number of nitrogens with one attached hydrogen (secondary N) is 1. The van der Waals surface area contributed by atoms with E-state index < -0.39 is 11.1 Å². The third-order valence-corrected chi connectivity index (χ3v) is 2.98. The van der Waals surface area contributed by atoms with E-state index in [0.29, 0.717) is 5.95 Å². The molecule has 0 amide bonds. The Labute approximate surface area is 98.3 Å². The number of halogens is 1. The van der Waals surface area contributed by atoms with Crippen LogP contribution >= 0.6 is 15.9 Å². The Morgan fingerprint density at radius 3 is 2.07 bits per heavy atom. The molecule has 0 spiro atoms. The lowest BCUT2D eigenvalue weighted by Crippen LogP contribution is -2.51. The second kappa shape index (κ2) is 4.06. The Morgan fingerprint density at radius 2 is 1.67 bits per heavy atom. The Hall–Kier alpha value is -0.680. The van der Waals surface area contributed by atoms with Gasteiger partial charge in [-0.3, -0.25) is 0 Å². The van der Waals surface area contributed by atoms with Gasteiger partial charge in [-0.25, -0.2) is 9.97 Å². The van der Waals surface area contributed by atoms with Crippen LogP contribution in [-0.4, -0.2) is 26.2 Å². The van der Waals surface area contributed by atoms with Gasteiger partial charge >= 0.3 is 0 Å². The van der Waals surface area contributed by atoms with Crippen molar-refractivity contribution in [2.24, 2.45) is 0 Å². The number of hydrogen-bond acceptors (Lipinski definition) is 4. The van der Waals surface area contributed by atoms with Gasteiger partial charge in [0.05, 0.1) is 15.6 Å². The molecule has 0 aliphatic carbocycles. The van der Waals surface area contributed by atoms with Crippen molar-refractivity contribution in [2.45, 2.75) is 38.8 Å². The topological polar surface area (TPSA) is 58.0 Å². The van der Waals surface area contributed by atoms with Gasteiger partial charge in [0.25, 0.3) is 0 Å². The molecule has 0 unspecified atom stereocenters. The number of rotatable bonds is 3. The van der Waals surface area contributed by atoms with Crippen LogP contribution in [0.3, 0.4) is 0 Å². The molecule has 0 aromatic carbocycles. The molecule has 0 saturated heterocycles. The van der Waals surface area contributed by atoms with E-state index in [2.05, 4.69) is 31.2 Å². The zero-order valence-corrected chi connectivity index (χ0v) is 11.0. The third-order valence-electron chi connectivity index (χ3n) is 2.57. The first kappa shape index (κ1) is 12.4. The van der Waals surface area contributed by atoms with Crippen LogP contribution in [0.1, 0.15) is 27.7 Å². The maximum atomic E-state index is 9.93. The van der Waals surface area contributed by atoms with Gasteiger partial charge in [-0.15, -0.1) is 0 Å². The zero-order chi connectivity index (χ0) is 11.7. The molecular formula is C10H16BrN3O. The highest BCUT2D eigenvalue weighted by Crippen LogP contribution is 2.24. The number of aromatic nitrogens is 2. The predicted octanol–water partition coefficient (Wildman–Crippen LogP) is 2.20. The van der Waals surface area contributed by atoms with E-state index in [1.807, 2.05) is 13.8 Å². The quantitative estimate of drug-likeness (QED) is 0.887. The molecule has 0 saturated carbocycles. The lowest BCUT2D eigenvalue weighted by atomic mass is 9.86. The maximum Gasteiger partial charge on any atom is 0.223 e. The molecule has 84 valence electrons. The minimum absolute atomic E-state index is 0.499. The first-order valence-electron chi connectivity index (χ1n) is 4.70. The molecule has 0 atom stereocenters. The number of anilines is 1. The molecule has 0 aliphatic rings. The highest BCUT2D eigenvalue weighted by molar-refractivity contribution is 9.10. The molecule has 2 N–H and O–H groups in total.